The first kappa shape index (κ1) is 16.9. The van der Waals surface area contributed by atoms with E-state index >= 15 is 0 Å². The number of benzene rings is 1. The van der Waals surface area contributed by atoms with E-state index in [2.05, 4.69) is 0 Å². The molecule has 2 rings (SSSR count). The number of rotatable bonds is 5. The SMILES string of the molecule is CC(=O)OC[C@H]1O[C@H](C(=O)c2ccccc2)C=C[C@@H]1OC(C)=O. The number of esters is 2. The Balaban J connectivity index is 2.13. The van der Waals surface area contributed by atoms with Crippen molar-refractivity contribution in [2.45, 2.75) is 32.2 Å². The first-order valence-corrected chi connectivity index (χ1v) is 7.21. The van der Waals surface area contributed by atoms with Gasteiger partial charge in [0.05, 0.1) is 0 Å². The van der Waals surface area contributed by atoms with Gasteiger partial charge in [0.15, 0.2) is 5.78 Å². The highest BCUT2D eigenvalue weighted by atomic mass is 16.6. The average Bonchev–Trinajstić information content (AvgIpc) is 2.53. The van der Waals surface area contributed by atoms with Crippen molar-refractivity contribution in [3.63, 3.8) is 0 Å². The summed E-state index contributed by atoms with van der Waals surface area (Å²) in [6.45, 7) is 2.44. The van der Waals surface area contributed by atoms with E-state index in [-0.39, 0.29) is 12.4 Å². The first-order chi connectivity index (χ1) is 11.0. The molecule has 6 nitrogen and oxygen atoms in total. The van der Waals surface area contributed by atoms with Gasteiger partial charge in [-0.25, -0.2) is 0 Å². The monoisotopic (exact) mass is 318 g/mol. The molecule has 0 saturated heterocycles. The quantitative estimate of drug-likeness (QED) is 0.467. The van der Waals surface area contributed by atoms with E-state index in [1.165, 1.54) is 13.8 Å². The van der Waals surface area contributed by atoms with Gasteiger partial charge in [0.25, 0.3) is 0 Å². The van der Waals surface area contributed by atoms with Crippen molar-refractivity contribution in [2.24, 2.45) is 0 Å². The molecule has 122 valence electrons. The highest BCUT2D eigenvalue weighted by Crippen LogP contribution is 2.20. The molecule has 3 atom stereocenters. The van der Waals surface area contributed by atoms with Crippen LogP contribution in [0.4, 0.5) is 0 Å². The lowest BCUT2D eigenvalue weighted by atomic mass is 10.0. The molecule has 0 N–H and O–H groups in total. The summed E-state index contributed by atoms with van der Waals surface area (Å²) in [6.07, 6.45) is 0.888. The molecule has 0 fully saturated rings. The number of Topliss-reactive ketones (excluding diaryl/α,β-unsaturated/α-hetero) is 1. The fraction of sp³-hybridized carbons (Fsp3) is 0.353. The molecular formula is C17H18O6. The molecule has 0 radical (unpaired) electrons. The average molecular weight is 318 g/mol. The van der Waals surface area contributed by atoms with Gasteiger partial charge >= 0.3 is 11.9 Å². The molecule has 1 aliphatic rings. The zero-order chi connectivity index (χ0) is 16.8. The van der Waals surface area contributed by atoms with Gasteiger partial charge in [0.1, 0.15) is 24.9 Å². The Morgan fingerprint density at radius 2 is 1.74 bits per heavy atom. The molecule has 1 heterocycles. The van der Waals surface area contributed by atoms with Crippen LogP contribution in [0, 0.1) is 0 Å². The lowest BCUT2D eigenvalue weighted by molar-refractivity contribution is -0.161. The summed E-state index contributed by atoms with van der Waals surface area (Å²) in [6, 6.07) is 8.72. The second kappa shape index (κ2) is 7.69. The van der Waals surface area contributed by atoms with Crippen molar-refractivity contribution in [1.82, 2.24) is 0 Å². The largest absolute Gasteiger partial charge is 0.463 e. The van der Waals surface area contributed by atoms with Crippen LogP contribution < -0.4 is 0 Å². The van der Waals surface area contributed by atoms with Crippen LogP contribution in [0.2, 0.25) is 0 Å². The highest BCUT2D eigenvalue weighted by molar-refractivity contribution is 6.00. The van der Waals surface area contributed by atoms with E-state index in [9.17, 15) is 14.4 Å². The molecule has 0 bridgehead atoms. The Kier molecular flexibility index (Phi) is 5.65. The zero-order valence-electron chi connectivity index (χ0n) is 12.9. The second-order valence-corrected chi connectivity index (χ2v) is 5.09. The van der Waals surface area contributed by atoms with E-state index in [4.69, 9.17) is 14.2 Å². The standard InChI is InChI=1S/C17H18O6/c1-11(18)21-10-16-14(22-12(2)19)8-9-15(23-16)17(20)13-6-4-3-5-7-13/h3-9,14-16H,10H2,1-2H3/t14-,15-,16+/m0/s1. The lowest BCUT2D eigenvalue weighted by Crippen LogP contribution is -2.43. The molecule has 23 heavy (non-hydrogen) atoms. The minimum Gasteiger partial charge on any atom is -0.463 e. The van der Waals surface area contributed by atoms with Gasteiger partial charge in [-0.3, -0.25) is 14.4 Å². The Bertz CT molecular complexity index is 607. The number of ketones is 1. The van der Waals surface area contributed by atoms with Crippen LogP contribution in [0.15, 0.2) is 42.5 Å². The predicted molar refractivity (Wildman–Crippen MR) is 80.8 cm³/mol. The van der Waals surface area contributed by atoms with Gasteiger partial charge < -0.3 is 14.2 Å². The van der Waals surface area contributed by atoms with Gasteiger partial charge in [0.2, 0.25) is 0 Å². The third kappa shape index (κ3) is 4.75. The van der Waals surface area contributed by atoms with Crippen molar-refractivity contribution in [3.05, 3.63) is 48.0 Å². The maximum atomic E-state index is 12.4. The van der Waals surface area contributed by atoms with Crippen molar-refractivity contribution < 1.29 is 28.6 Å². The van der Waals surface area contributed by atoms with Crippen molar-refractivity contribution >= 4 is 17.7 Å². The maximum absolute atomic E-state index is 12.4. The summed E-state index contributed by atoms with van der Waals surface area (Å²) in [7, 11) is 0. The third-order valence-electron chi connectivity index (χ3n) is 3.23. The van der Waals surface area contributed by atoms with Crippen LogP contribution in [0.1, 0.15) is 24.2 Å². The summed E-state index contributed by atoms with van der Waals surface area (Å²) in [5, 5.41) is 0. The Morgan fingerprint density at radius 1 is 1.04 bits per heavy atom. The van der Waals surface area contributed by atoms with Crippen LogP contribution in [-0.2, 0) is 23.8 Å². The lowest BCUT2D eigenvalue weighted by Gasteiger charge is -2.30. The molecule has 0 aromatic heterocycles. The van der Waals surface area contributed by atoms with Crippen LogP contribution in [0.3, 0.4) is 0 Å². The molecule has 6 heteroatoms. The number of carbonyl (C=O) groups is 3. The molecule has 0 unspecified atom stereocenters. The van der Waals surface area contributed by atoms with Gasteiger partial charge in [-0.1, -0.05) is 30.3 Å². The van der Waals surface area contributed by atoms with Crippen LogP contribution in [0.5, 0.6) is 0 Å². The first-order valence-electron chi connectivity index (χ1n) is 7.21. The fourth-order valence-corrected chi connectivity index (χ4v) is 2.20. The van der Waals surface area contributed by atoms with Crippen molar-refractivity contribution in [2.75, 3.05) is 6.61 Å². The van der Waals surface area contributed by atoms with Crippen molar-refractivity contribution in [3.8, 4) is 0 Å². The van der Waals surface area contributed by atoms with E-state index in [0.717, 1.165) is 0 Å². The maximum Gasteiger partial charge on any atom is 0.303 e. The molecule has 0 spiro atoms. The van der Waals surface area contributed by atoms with Crippen molar-refractivity contribution in [1.29, 1.82) is 0 Å². The van der Waals surface area contributed by atoms with E-state index < -0.39 is 30.3 Å². The molecule has 0 aliphatic carbocycles. The molecule has 1 aromatic carbocycles. The third-order valence-corrected chi connectivity index (χ3v) is 3.23. The molecule has 0 amide bonds. The Morgan fingerprint density at radius 3 is 2.35 bits per heavy atom. The van der Waals surface area contributed by atoms with Crippen LogP contribution in [-0.4, -0.2) is 42.6 Å². The van der Waals surface area contributed by atoms with E-state index in [0.29, 0.717) is 5.56 Å². The van der Waals surface area contributed by atoms with Gasteiger partial charge in [-0.2, -0.15) is 0 Å². The minimum absolute atomic E-state index is 0.101. The van der Waals surface area contributed by atoms with Gasteiger partial charge in [-0.15, -0.1) is 0 Å². The number of ether oxygens (including phenoxy) is 3. The summed E-state index contributed by atoms with van der Waals surface area (Å²) in [5.74, 6) is -1.17. The highest BCUT2D eigenvalue weighted by Gasteiger charge is 2.33. The van der Waals surface area contributed by atoms with E-state index in [1.807, 2.05) is 6.07 Å². The molecular weight excluding hydrogens is 300 g/mol. The summed E-state index contributed by atoms with van der Waals surface area (Å²) in [5.41, 5.74) is 0.513. The van der Waals surface area contributed by atoms with Crippen LogP contribution >= 0.6 is 0 Å². The zero-order valence-corrected chi connectivity index (χ0v) is 12.9. The van der Waals surface area contributed by atoms with Gasteiger partial charge in [0, 0.05) is 19.4 Å². The topological polar surface area (TPSA) is 78.9 Å². The Labute approximate surface area is 134 Å². The smallest absolute Gasteiger partial charge is 0.303 e. The van der Waals surface area contributed by atoms with E-state index in [1.54, 1.807) is 36.4 Å². The van der Waals surface area contributed by atoms with Gasteiger partial charge in [-0.05, 0) is 12.2 Å². The minimum atomic E-state index is -0.815. The Hall–Kier alpha value is -2.47. The number of hydrogen-bond donors (Lipinski definition) is 0. The fourth-order valence-electron chi connectivity index (χ4n) is 2.20. The summed E-state index contributed by atoms with van der Waals surface area (Å²) >= 11 is 0. The second-order valence-electron chi connectivity index (χ2n) is 5.09. The summed E-state index contributed by atoms with van der Waals surface area (Å²) < 4.78 is 15.7. The molecule has 1 aromatic rings. The predicted octanol–water partition coefficient (Wildman–Crippen LogP) is 1.69. The normalized spacial score (nSPS) is 23.1. The summed E-state index contributed by atoms with van der Waals surface area (Å²) in [4.78, 5) is 34.5. The molecule has 1 aliphatic heterocycles. The van der Waals surface area contributed by atoms with Crippen LogP contribution in [0.25, 0.3) is 0 Å². The number of hydrogen-bond acceptors (Lipinski definition) is 6. The molecule has 0 saturated carbocycles. The number of carbonyl (C=O) groups excluding carboxylic acids is 3.